The molecule has 0 aromatic heterocycles. The molecule has 0 aliphatic rings. The number of carbonyl (C=O) groups is 4. The van der Waals surface area contributed by atoms with Crippen LogP contribution in [0.3, 0.4) is 0 Å². The van der Waals surface area contributed by atoms with Crippen LogP contribution in [0.25, 0.3) is 0 Å². The van der Waals surface area contributed by atoms with Gasteiger partial charge in [0.25, 0.3) is 0 Å². The van der Waals surface area contributed by atoms with Crippen LogP contribution in [0.5, 0.6) is 0 Å². The van der Waals surface area contributed by atoms with E-state index in [2.05, 4.69) is 85.2 Å². The first-order chi connectivity index (χ1) is 28.8. The van der Waals surface area contributed by atoms with E-state index in [4.69, 9.17) is 14.9 Å². The summed E-state index contributed by atoms with van der Waals surface area (Å²) in [6, 6.07) is -1.38. The van der Waals surface area contributed by atoms with Gasteiger partial charge in [-0.25, -0.2) is 4.79 Å². The number of hydrogen-bond acceptors (Lipinski definition) is 6. The van der Waals surface area contributed by atoms with Crippen molar-refractivity contribution in [1.29, 1.82) is 0 Å². The van der Waals surface area contributed by atoms with Crippen LogP contribution in [-0.2, 0) is 23.9 Å². The molecule has 0 saturated carbocycles. The van der Waals surface area contributed by atoms with Crippen LogP contribution < -0.4 is 10.6 Å². The third-order valence-corrected chi connectivity index (χ3v) is 10.3. The summed E-state index contributed by atoms with van der Waals surface area (Å²) >= 11 is 0. The Balaban J connectivity index is 4.27. The highest BCUT2D eigenvalue weighted by molar-refractivity contribution is 5.87. The number of carboxylic acids is 1. The van der Waals surface area contributed by atoms with Crippen LogP contribution in [-0.4, -0.2) is 59.3 Å². The van der Waals surface area contributed by atoms with Crippen LogP contribution in [0.2, 0.25) is 0 Å². The molecule has 0 radical (unpaired) electrons. The molecule has 0 aromatic rings. The summed E-state index contributed by atoms with van der Waals surface area (Å²) in [7, 11) is 0. The molecule has 59 heavy (non-hydrogen) atoms. The van der Waals surface area contributed by atoms with Crippen molar-refractivity contribution in [3.05, 3.63) is 60.8 Å². The Hall–Kier alpha value is -3.46. The lowest BCUT2D eigenvalue weighted by Gasteiger charge is -2.18. The maximum Gasteiger partial charge on any atom is 0.328 e. The SMILES string of the molecule is CC/C=C\C/C=C\C/C=C\C/C=C\C/C=C\CCCCCCCC(=O)OC(CCCCCCCCCCCC)CCCCCCCC(=O)NCC(=O)NC(CO)C(=O)O. The summed E-state index contributed by atoms with van der Waals surface area (Å²) in [5.41, 5.74) is 0. The summed E-state index contributed by atoms with van der Waals surface area (Å²) < 4.78 is 6.03. The van der Waals surface area contributed by atoms with E-state index >= 15 is 0 Å². The molecule has 0 aliphatic heterocycles. The maximum absolute atomic E-state index is 12.8. The largest absolute Gasteiger partial charge is 0.480 e. The Labute approximate surface area is 360 Å². The van der Waals surface area contributed by atoms with E-state index in [0.717, 1.165) is 103 Å². The molecule has 9 heteroatoms. The van der Waals surface area contributed by atoms with Gasteiger partial charge in [-0.15, -0.1) is 0 Å². The Morgan fingerprint density at radius 3 is 1.46 bits per heavy atom. The molecule has 0 bridgehead atoms. The Kier molecular flexibility index (Phi) is 41.5. The van der Waals surface area contributed by atoms with E-state index in [1.807, 2.05) is 0 Å². The molecule has 9 nitrogen and oxygen atoms in total. The van der Waals surface area contributed by atoms with Gasteiger partial charge >= 0.3 is 11.9 Å². The highest BCUT2D eigenvalue weighted by Crippen LogP contribution is 2.19. The van der Waals surface area contributed by atoms with Gasteiger partial charge in [0.2, 0.25) is 11.8 Å². The number of aliphatic carboxylic acids is 1. The lowest BCUT2D eigenvalue weighted by molar-refractivity contribution is -0.150. The highest BCUT2D eigenvalue weighted by Gasteiger charge is 2.19. The summed E-state index contributed by atoms with van der Waals surface area (Å²) in [5.74, 6) is -2.31. The van der Waals surface area contributed by atoms with Crippen LogP contribution in [0.1, 0.15) is 206 Å². The number of carbonyl (C=O) groups excluding carboxylic acids is 3. The molecular weight excluding hydrogens is 741 g/mol. The Morgan fingerprint density at radius 2 is 0.966 bits per heavy atom. The van der Waals surface area contributed by atoms with Crippen molar-refractivity contribution in [3.63, 3.8) is 0 Å². The minimum Gasteiger partial charge on any atom is -0.480 e. The van der Waals surface area contributed by atoms with Crippen LogP contribution >= 0.6 is 0 Å². The van der Waals surface area contributed by atoms with E-state index in [0.29, 0.717) is 19.3 Å². The van der Waals surface area contributed by atoms with Crippen LogP contribution in [0, 0.1) is 0 Å². The summed E-state index contributed by atoms with van der Waals surface area (Å²) in [6.07, 6.45) is 53.9. The summed E-state index contributed by atoms with van der Waals surface area (Å²) in [4.78, 5) is 47.7. The molecule has 0 aliphatic carbocycles. The Bertz CT molecular complexity index is 1180. The molecule has 2 atom stereocenters. The number of unbranched alkanes of at least 4 members (excludes halogenated alkanes) is 18. The van der Waals surface area contributed by atoms with Crippen LogP contribution in [0.4, 0.5) is 0 Å². The molecule has 2 unspecified atom stereocenters. The fraction of sp³-hybridized carbons (Fsp3) is 0.720. The van der Waals surface area contributed by atoms with Gasteiger partial charge in [0.1, 0.15) is 12.1 Å². The minimum absolute atomic E-state index is 0.0245. The minimum atomic E-state index is -1.38. The normalized spacial score (nSPS) is 13.0. The van der Waals surface area contributed by atoms with Crippen LogP contribution in [0.15, 0.2) is 60.8 Å². The third-order valence-electron chi connectivity index (χ3n) is 10.3. The predicted molar refractivity (Wildman–Crippen MR) is 245 cm³/mol. The third kappa shape index (κ3) is 41.1. The van der Waals surface area contributed by atoms with Gasteiger partial charge in [0, 0.05) is 12.8 Å². The predicted octanol–water partition coefficient (Wildman–Crippen LogP) is 12.1. The monoisotopic (exact) mass is 827 g/mol. The topological polar surface area (TPSA) is 142 Å². The summed E-state index contributed by atoms with van der Waals surface area (Å²) in [6.45, 7) is 3.37. The van der Waals surface area contributed by atoms with E-state index in [1.54, 1.807) is 0 Å². The number of allylic oxidation sites excluding steroid dienone is 10. The molecule has 4 N–H and O–H groups in total. The number of hydrogen-bond donors (Lipinski definition) is 4. The molecule has 0 rings (SSSR count). The number of aliphatic hydroxyl groups is 1. The van der Waals surface area contributed by atoms with Gasteiger partial charge in [-0.1, -0.05) is 171 Å². The molecule has 2 amide bonds. The number of carboxylic acid groups (broad SMARTS) is 1. The van der Waals surface area contributed by atoms with E-state index in [9.17, 15) is 19.2 Å². The molecule has 0 heterocycles. The standard InChI is InChI=1S/C50H86N2O7/c1-3-5-7-9-11-13-15-16-17-18-19-20-21-22-23-24-25-27-29-34-38-42-49(56)59-45(39-35-31-28-26-14-12-10-8-6-4-2)40-36-32-30-33-37-41-47(54)51-43-48(55)52-46(44-53)50(57)58/h5,7,11,13,16-17,19-20,22-23,45-46,53H,3-4,6,8-10,12,14-15,18,21,24-44H2,1-2H3,(H,51,54)(H,52,55)(H,57,58)/b7-5-,13-11-,17-16-,20-19-,23-22-. The quantitative estimate of drug-likeness (QED) is 0.0273. The van der Waals surface area contributed by atoms with Gasteiger partial charge in [-0.3, -0.25) is 14.4 Å². The van der Waals surface area contributed by atoms with Gasteiger partial charge < -0.3 is 25.6 Å². The van der Waals surface area contributed by atoms with Gasteiger partial charge in [0.05, 0.1) is 13.2 Å². The number of aliphatic hydroxyl groups excluding tert-OH is 1. The fourth-order valence-electron chi connectivity index (χ4n) is 6.68. The molecule has 338 valence electrons. The lowest BCUT2D eigenvalue weighted by Crippen LogP contribution is -2.47. The second-order valence-electron chi connectivity index (χ2n) is 15.8. The second-order valence-corrected chi connectivity index (χ2v) is 15.8. The number of ether oxygens (including phenoxy) is 1. The van der Waals surface area contributed by atoms with E-state index in [-0.39, 0.29) is 24.5 Å². The first-order valence-corrected chi connectivity index (χ1v) is 23.7. The molecule has 0 fully saturated rings. The van der Waals surface area contributed by atoms with E-state index < -0.39 is 24.5 Å². The molecule has 0 aromatic carbocycles. The average Bonchev–Trinajstić information content (AvgIpc) is 3.22. The van der Waals surface area contributed by atoms with Crippen molar-refractivity contribution in [1.82, 2.24) is 10.6 Å². The average molecular weight is 827 g/mol. The fourth-order valence-corrected chi connectivity index (χ4v) is 6.68. The molecule has 0 saturated heterocycles. The maximum atomic E-state index is 12.8. The van der Waals surface area contributed by atoms with Crippen molar-refractivity contribution >= 4 is 23.8 Å². The zero-order valence-electron chi connectivity index (χ0n) is 37.5. The van der Waals surface area contributed by atoms with Crippen molar-refractivity contribution < 1.29 is 34.1 Å². The second kappa shape index (κ2) is 44.1. The van der Waals surface area contributed by atoms with Crippen molar-refractivity contribution in [2.75, 3.05) is 13.2 Å². The zero-order chi connectivity index (χ0) is 43.3. The Morgan fingerprint density at radius 1 is 0.525 bits per heavy atom. The zero-order valence-corrected chi connectivity index (χ0v) is 37.5. The van der Waals surface area contributed by atoms with E-state index in [1.165, 1.54) is 70.6 Å². The first-order valence-electron chi connectivity index (χ1n) is 23.7. The van der Waals surface area contributed by atoms with Crippen molar-refractivity contribution in [2.45, 2.75) is 219 Å². The summed E-state index contributed by atoms with van der Waals surface area (Å²) in [5, 5.41) is 22.6. The molecule has 0 spiro atoms. The van der Waals surface area contributed by atoms with Gasteiger partial charge in [0.15, 0.2) is 0 Å². The first kappa shape index (κ1) is 55.5. The van der Waals surface area contributed by atoms with Crippen molar-refractivity contribution in [3.8, 4) is 0 Å². The number of amides is 2. The smallest absolute Gasteiger partial charge is 0.328 e. The molecular formula is C50H86N2O7. The van der Waals surface area contributed by atoms with Gasteiger partial charge in [-0.2, -0.15) is 0 Å². The highest BCUT2D eigenvalue weighted by atomic mass is 16.5. The van der Waals surface area contributed by atoms with Gasteiger partial charge in [-0.05, 0) is 83.5 Å². The van der Waals surface area contributed by atoms with Crippen molar-refractivity contribution in [2.24, 2.45) is 0 Å². The number of esters is 1. The lowest BCUT2D eigenvalue weighted by atomic mass is 10.0. The number of rotatable bonds is 42. The number of nitrogens with one attached hydrogen (secondary N) is 2.